The fourth-order valence-corrected chi connectivity index (χ4v) is 3.92. The van der Waals surface area contributed by atoms with Crippen LogP contribution in [0.4, 0.5) is 13.2 Å². The molecule has 0 spiro atoms. The van der Waals surface area contributed by atoms with Gasteiger partial charge >= 0.3 is 6.18 Å². The van der Waals surface area contributed by atoms with E-state index >= 15 is 0 Å². The zero-order chi connectivity index (χ0) is 12.3. The monoisotopic (exact) mass is 248 g/mol. The summed E-state index contributed by atoms with van der Waals surface area (Å²) in [6.07, 6.45) is 0.235. The molecule has 2 unspecified atom stereocenters. The van der Waals surface area contributed by atoms with E-state index in [0.717, 1.165) is 25.7 Å². The topological polar surface area (TPSA) is 15.3 Å². The lowest BCUT2D eigenvalue weighted by molar-refractivity contribution is -0.208. The molecular weight excluding hydrogens is 229 g/mol. The van der Waals surface area contributed by atoms with E-state index < -0.39 is 11.7 Å². The largest absolute Gasteiger partial charge is 0.406 e. The Kier molecular flexibility index (Phi) is 2.50. The molecule has 0 amide bonds. The van der Waals surface area contributed by atoms with Gasteiger partial charge in [-0.05, 0) is 45.6 Å². The molecule has 2 nitrogen and oxygen atoms in total. The van der Waals surface area contributed by atoms with Crippen molar-refractivity contribution in [3.05, 3.63) is 0 Å². The molecular formula is C12H19F3N2. The lowest BCUT2D eigenvalue weighted by atomic mass is 9.94. The predicted molar refractivity (Wildman–Crippen MR) is 58.8 cm³/mol. The number of alkyl halides is 3. The van der Waals surface area contributed by atoms with Crippen LogP contribution in [-0.4, -0.2) is 41.8 Å². The standard InChI is InChI=1S/C12H19F3N2/c1-16-8-6-9-2-3-10(7-8)17(9)11(4-5-11)12(13,14)15/h8-10,16H,2-7H2,1H3. The van der Waals surface area contributed by atoms with Gasteiger partial charge in [0.05, 0.1) is 0 Å². The smallest absolute Gasteiger partial charge is 0.317 e. The molecule has 3 fully saturated rings. The summed E-state index contributed by atoms with van der Waals surface area (Å²) in [7, 11) is 1.91. The molecule has 0 aromatic rings. The van der Waals surface area contributed by atoms with Crippen LogP contribution in [0.1, 0.15) is 38.5 Å². The van der Waals surface area contributed by atoms with Crippen LogP contribution in [0.25, 0.3) is 0 Å². The molecule has 2 aliphatic heterocycles. The maximum Gasteiger partial charge on any atom is 0.406 e. The second-order valence-electron chi connectivity index (χ2n) is 5.78. The van der Waals surface area contributed by atoms with Gasteiger partial charge in [-0.15, -0.1) is 0 Å². The molecule has 2 atom stereocenters. The van der Waals surface area contributed by atoms with E-state index in [1.165, 1.54) is 0 Å². The van der Waals surface area contributed by atoms with E-state index in [1.54, 1.807) is 0 Å². The van der Waals surface area contributed by atoms with Crippen LogP contribution in [-0.2, 0) is 0 Å². The average molecular weight is 248 g/mol. The zero-order valence-corrected chi connectivity index (χ0v) is 10.1. The predicted octanol–water partition coefficient (Wildman–Crippen LogP) is 2.30. The summed E-state index contributed by atoms with van der Waals surface area (Å²) < 4.78 is 39.5. The van der Waals surface area contributed by atoms with Crippen LogP contribution in [0.5, 0.6) is 0 Å². The molecule has 1 saturated carbocycles. The van der Waals surface area contributed by atoms with Crippen LogP contribution in [0.15, 0.2) is 0 Å². The number of nitrogens with one attached hydrogen (secondary N) is 1. The van der Waals surface area contributed by atoms with Crippen LogP contribution < -0.4 is 5.32 Å². The van der Waals surface area contributed by atoms with Crippen LogP contribution in [0.2, 0.25) is 0 Å². The summed E-state index contributed by atoms with van der Waals surface area (Å²) in [6.45, 7) is 0. The normalized spacial score (nSPS) is 40.6. The Bertz CT molecular complexity index is 297. The van der Waals surface area contributed by atoms with Crippen molar-refractivity contribution < 1.29 is 13.2 Å². The van der Waals surface area contributed by atoms with Crippen molar-refractivity contribution in [3.63, 3.8) is 0 Å². The lowest BCUT2D eigenvalue weighted by Crippen LogP contribution is -2.58. The Morgan fingerprint density at radius 3 is 2.00 bits per heavy atom. The summed E-state index contributed by atoms with van der Waals surface area (Å²) >= 11 is 0. The first kappa shape index (κ1) is 11.8. The Hall–Kier alpha value is -0.290. The number of nitrogens with zero attached hydrogens (tertiary/aromatic N) is 1. The highest BCUT2D eigenvalue weighted by Crippen LogP contribution is 2.58. The summed E-state index contributed by atoms with van der Waals surface area (Å²) in [5.41, 5.74) is -1.45. The third-order valence-electron chi connectivity index (χ3n) is 4.89. The molecule has 0 radical (unpaired) electrons. The molecule has 5 heteroatoms. The molecule has 1 aliphatic carbocycles. The summed E-state index contributed by atoms with van der Waals surface area (Å²) in [4.78, 5) is 1.83. The van der Waals surface area contributed by atoms with Crippen molar-refractivity contribution in [2.75, 3.05) is 7.05 Å². The quantitative estimate of drug-likeness (QED) is 0.806. The number of fused-ring (bicyclic) bond motifs is 2. The fraction of sp³-hybridized carbons (Fsp3) is 1.00. The highest BCUT2D eigenvalue weighted by Gasteiger charge is 2.70. The molecule has 3 rings (SSSR count). The minimum Gasteiger partial charge on any atom is -0.317 e. The number of halogens is 3. The van der Waals surface area contributed by atoms with Crippen molar-refractivity contribution in [1.82, 2.24) is 10.2 Å². The molecule has 3 aliphatic rings. The summed E-state index contributed by atoms with van der Waals surface area (Å²) in [5.74, 6) is 0. The van der Waals surface area contributed by atoms with Crippen LogP contribution in [0, 0.1) is 0 Å². The van der Waals surface area contributed by atoms with Gasteiger partial charge in [0, 0.05) is 18.1 Å². The van der Waals surface area contributed by atoms with Crippen molar-refractivity contribution >= 4 is 0 Å². The van der Waals surface area contributed by atoms with Crippen molar-refractivity contribution in [2.45, 2.75) is 68.4 Å². The minimum atomic E-state index is -4.04. The van der Waals surface area contributed by atoms with Gasteiger partial charge in [0.25, 0.3) is 0 Å². The molecule has 2 heterocycles. The van der Waals surface area contributed by atoms with Crippen LogP contribution >= 0.6 is 0 Å². The first-order valence-electron chi connectivity index (χ1n) is 6.50. The molecule has 98 valence electrons. The highest BCUT2D eigenvalue weighted by atomic mass is 19.4. The molecule has 2 saturated heterocycles. The van der Waals surface area contributed by atoms with Gasteiger partial charge in [-0.1, -0.05) is 0 Å². The third kappa shape index (κ3) is 1.62. The number of hydrogen-bond donors (Lipinski definition) is 1. The molecule has 0 aromatic carbocycles. The number of rotatable bonds is 2. The molecule has 17 heavy (non-hydrogen) atoms. The Labute approximate surface area is 99.5 Å². The molecule has 2 bridgehead atoms. The van der Waals surface area contributed by atoms with E-state index in [-0.39, 0.29) is 12.1 Å². The van der Waals surface area contributed by atoms with Crippen molar-refractivity contribution in [1.29, 1.82) is 0 Å². The Morgan fingerprint density at radius 2 is 1.65 bits per heavy atom. The molecule has 1 N–H and O–H groups in total. The van der Waals surface area contributed by atoms with Gasteiger partial charge in [0.2, 0.25) is 0 Å². The number of piperidine rings is 1. The minimum absolute atomic E-state index is 0.148. The van der Waals surface area contributed by atoms with E-state index in [0.29, 0.717) is 18.9 Å². The Balaban J connectivity index is 1.82. The first-order valence-corrected chi connectivity index (χ1v) is 6.50. The average Bonchev–Trinajstić information content (AvgIpc) is 3.02. The van der Waals surface area contributed by atoms with Crippen molar-refractivity contribution in [2.24, 2.45) is 0 Å². The van der Waals surface area contributed by atoms with Gasteiger partial charge in [0.1, 0.15) is 5.54 Å². The second-order valence-corrected chi connectivity index (χ2v) is 5.78. The number of hydrogen-bond acceptors (Lipinski definition) is 2. The van der Waals surface area contributed by atoms with Gasteiger partial charge in [-0.2, -0.15) is 13.2 Å². The van der Waals surface area contributed by atoms with Gasteiger partial charge < -0.3 is 5.32 Å². The van der Waals surface area contributed by atoms with Crippen LogP contribution in [0.3, 0.4) is 0 Å². The second kappa shape index (κ2) is 3.60. The van der Waals surface area contributed by atoms with E-state index in [9.17, 15) is 13.2 Å². The van der Waals surface area contributed by atoms with Gasteiger partial charge in [-0.3, -0.25) is 4.90 Å². The van der Waals surface area contributed by atoms with E-state index in [4.69, 9.17) is 0 Å². The van der Waals surface area contributed by atoms with Gasteiger partial charge in [0.15, 0.2) is 0 Å². The van der Waals surface area contributed by atoms with E-state index in [2.05, 4.69) is 5.32 Å². The van der Waals surface area contributed by atoms with Crippen molar-refractivity contribution in [3.8, 4) is 0 Å². The SMILES string of the molecule is CNC1CC2CCC(C1)N2C1(C(F)(F)F)CC1. The maximum atomic E-state index is 13.2. The first-order chi connectivity index (χ1) is 7.98. The highest BCUT2D eigenvalue weighted by molar-refractivity contribution is 5.16. The van der Waals surface area contributed by atoms with E-state index in [1.807, 2.05) is 11.9 Å². The maximum absolute atomic E-state index is 13.2. The summed E-state index contributed by atoms with van der Waals surface area (Å²) in [5, 5.41) is 3.23. The van der Waals surface area contributed by atoms with Gasteiger partial charge in [-0.25, -0.2) is 0 Å². The zero-order valence-electron chi connectivity index (χ0n) is 10.1. The third-order valence-corrected chi connectivity index (χ3v) is 4.89. The fourth-order valence-electron chi connectivity index (χ4n) is 3.92. The Morgan fingerprint density at radius 1 is 1.12 bits per heavy atom. The lowest BCUT2D eigenvalue weighted by Gasteiger charge is -2.44. The molecule has 0 aromatic heterocycles. The summed E-state index contributed by atoms with van der Waals surface area (Å²) in [6, 6.07) is 0.707.